The van der Waals surface area contributed by atoms with Crippen molar-refractivity contribution in [3.63, 3.8) is 0 Å². The van der Waals surface area contributed by atoms with Crippen molar-refractivity contribution in [2.24, 2.45) is 0 Å². The number of nitrogens with zero attached hydrogens (tertiary/aromatic N) is 1. The number of hydrogen-bond donors (Lipinski definition) is 2. The number of carbonyl (C=O) groups excluding carboxylic acids is 1. The van der Waals surface area contributed by atoms with Crippen LogP contribution in [-0.2, 0) is 21.2 Å². The highest BCUT2D eigenvalue weighted by Gasteiger charge is 2.26. The third kappa shape index (κ3) is 5.47. The van der Waals surface area contributed by atoms with Crippen LogP contribution in [0.15, 0.2) is 53.4 Å². The first-order valence-corrected chi connectivity index (χ1v) is 10.6. The summed E-state index contributed by atoms with van der Waals surface area (Å²) >= 11 is 0. The molecule has 0 unspecified atom stereocenters. The van der Waals surface area contributed by atoms with Crippen molar-refractivity contribution in [3.05, 3.63) is 54.1 Å². The molecule has 0 radical (unpaired) electrons. The van der Waals surface area contributed by atoms with E-state index in [9.17, 15) is 13.2 Å². The second kappa shape index (κ2) is 9.91. The molecule has 0 bridgehead atoms. The van der Waals surface area contributed by atoms with Gasteiger partial charge in [-0.05, 0) is 49.1 Å². The molecule has 0 saturated carbocycles. The normalized spacial score (nSPS) is 14.9. The van der Waals surface area contributed by atoms with E-state index in [-0.39, 0.29) is 29.6 Å². The van der Waals surface area contributed by atoms with Gasteiger partial charge in [-0.1, -0.05) is 30.7 Å². The number of nitrogens with one attached hydrogen (secondary N) is 1. The molecule has 1 aliphatic heterocycles. The number of carbonyl (C=O) groups is 1. The van der Waals surface area contributed by atoms with Crippen LogP contribution in [0.25, 0.3) is 0 Å². The van der Waals surface area contributed by atoms with E-state index in [4.69, 9.17) is 5.73 Å². The molecule has 1 aliphatic rings. The Kier molecular flexibility index (Phi) is 7.86. The fourth-order valence-electron chi connectivity index (χ4n) is 3.22. The van der Waals surface area contributed by atoms with Gasteiger partial charge in [-0.3, -0.25) is 4.79 Å². The Hall–Kier alpha value is -2.09. The lowest BCUT2D eigenvalue weighted by molar-refractivity contribution is -0.116. The number of aryl methyl sites for hydroxylation is 1. The fourth-order valence-corrected chi connectivity index (χ4v) is 4.79. The average molecular weight is 424 g/mol. The average Bonchev–Trinajstić information content (AvgIpc) is 2.68. The van der Waals surface area contributed by atoms with Gasteiger partial charge in [0.2, 0.25) is 15.9 Å². The highest BCUT2D eigenvalue weighted by Crippen LogP contribution is 2.23. The standard InChI is InChI=1S/C20H25N3O3S.ClH/c21-19-10-3-2-7-16(19)11-12-20(24)22-17-8-6-9-18(15-17)27(25,26)23-13-4-1-5-14-23;/h2-3,6-10,15H,1,4-5,11-14,21H2,(H,22,24);1H. The summed E-state index contributed by atoms with van der Waals surface area (Å²) in [6.45, 7) is 1.11. The Morgan fingerprint density at radius 1 is 1.04 bits per heavy atom. The molecule has 1 fully saturated rings. The van der Waals surface area contributed by atoms with Crippen LogP contribution in [0, 0.1) is 0 Å². The molecule has 28 heavy (non-hydrogen) atoms. The van der Waals surface area contributed by atoms with Crippen molar-refractivity contribution in [2.75, 3.05) is 24.1 Å². The number of piperidine rings is 1. The highest BCUT2D eigenvalue weighted by atomic mass is 35.5. The van der Waals surface area contributed by atoms with Crippen molar-refractivity contribution >= 4 is 39.7 Å². The minimum atomic E-state index is -3.52. The molecule has 1 amide bonds. The lowest BCUT2D eigenvalue weighted by atomic mass is 10.1. The summed E-state index contributed by atoms with van der Waals surface area (Å²) in [5.74, 6) is -0.175. The van der Waals surface area contributed by atoms with Crippen LogP contribution in [-0.4, -0.2) is 31.7 Å². The van der Waals surface area contributed by atoms with Gasteiger partial charge in [-0.2, -0.15) is 4.31 Å². The third-order valence-corrected chi connectivity index (χ3v) is 6.64. The number of sulfonamides is 1. The number of halogens is 1. The van der Waals surface area contributed by atoms with E-state index in [1.165, 1.54) is 10.4 Å². The van der Waals surface area contributed by atoms with E-state index in [1.54, 1.807) is 18.2 Å². The number of anilines is 2. The van der Waals surface area contributed by atoms with E-state index in [2.05, 4.69) is 5.32 Å². The van der Waals surface area contributed by atoms with Crippen LogP contribution >= 0.6 is 12.4 Å². The molecule has 6 nitrogen and oxygen atoms in total. The van der Waals surface area contributed by atoms with Crippen LogP contribution in [0.4, 0.5) is 11.4 Å². The van der Waals surface area contributed by atoms with E-state index in [1.807, 2.05) is 24.3 Å². The lowest BCUT2D eigenvalue weighted by Gasteiger charge is -2.26. The predicted octanol–water partition coefficient (Wildman–Crippen LogP) is 3.44. The van der Waals surface area contributed by atoms with Crippen molar-refractivity contribution in [2.45, 2.75) is 37.0 Å². The summed E-state index contributed by atoms with van der Waals surface area (Å²) in [5.41, 5.74) is 7.97. The Labute approximate surface area is 172 Å². The number of hydrogen-bond acceptors (Lipinski definition) is 4. The monoisotopic (exact) mass is 423 g/mol. The summed E-state index contributed by atoms with van der Waals surface area (Å²) in [5, 5.41) is 2.78. The number of benzene rings is 2. The van der Waals surface area contributed by atoms with Gasteiger partial charge < -0.3 is 11.1 Å². The molecule has 1 heterocycles. The van der Waals surface area contributed by atoms with Crippen molar-refractivity contribution in [3.8, 4) is 0 Å². The number of rotatable bonds is 6. The van der Waals surface area contributed by atoms with Crippen molar-refractivity contribution < 1.29 is 13.2 Å². The molecule has 2 aromatic rings. The molecule has 0 atom stereocenters. The van der Waals surface area contributed by atoms with Crippen molar-refractivity contribution in [1.82, 2.24) is 4.31 Å². The quantitative estimate of drug-likeness (QED) is 0.696. The summed E-state index contributed by atoms with van der Waals surface area (Å²) < 4.78 is 27.1. The maximum Gasteiger partial charge on any atom is 0.243 e. The predicted molar refractivity (Wildman–Crippen MR) is 114 cm³/mol. The molecule has 0 aliphatic carbocycles. The molecular weight excluding hydrogens is 398 g/mol. The number of amides is 1. The van der Waals surface area contributed by atoms with E-state index >= 15 is 0 Å². The van der Waals surface area contributed by atoms with Gasteiger partial charge in [0.25, 0.3) is 0 Å². The van der Waals surface area contributed by atoms with Crippen LogP contribution in [0.2, 0.25) is 0 Å². The zero-order chi connectivity index (χ0) is 19.3. The van der Waals surface area contributed by atoms with Gasteiger partial charge in [-0.25, -0.2) is 8.42 Å². The van der Waals surface area contributed by atoms with Gasteiger partial charge >= 0.3 is 0 Å². The molecule has 2 aromatic carbocycles. The number of nitrogen functional groups attached to an aromatic ring is 1. The maximum absolute atomic E-state index is 12.8. The van der Waals surface area contributed by atoms with Crippen LogP contribution in [0.3, 0.4) is 0 Å². The molecule has 3 rings (SSSR count). The van der Waals surface area contributed by atoms with E-state index in [0.29, 0.717) is 30.9 Å². The highest BCUT2D eigenvalue weighted by molar-refractivity contribution is 7.89. The zero-order valence-electron chi connectivity index (χ0n) is 15.6. The number of para-hydroxylation sites is 1. The molecule has 1 saturated heterocycles. The topological polar surface area (TPSA) is 92.5 Å². The minimum Gasteiger partial charge on any atom is -0.399 e. The summed E-state index contributed by atoms with van der Waals surface area (Å²) in [6.07, 6.45) is 3.65. The molecule has 152 valence electrons. The first-order chi connectivity index (χ1) is 13.0. The SMILES string of the molecule is Cl.Nc1ccccc1CCC(=O)Nc1cccc(S(=O)(=O)N2CCCCC2)c1. The summed E-state index contributed by atoms with van der Waals surface area (Å²) in [4.78, 5) is 12.5. The van der Waals surface area contributed by atoms with Gasteiger partial charge in [0.15, 0.2) is 0 Å². The lowest BCUT2D eigenvalue weighted by Crippen LogP contribution is -2.35. The minimum absolute atomic E-state index is 0. The smallest absolute Gasteiger partial charge is 0.243 e. The fraction of sp³-hybridized carbons (Fsp3) is 0.350. The molecular formula is C20H26ClN3O3S. The molecule has 3 N–H and O–H groups in total. The largest absolute Gasteiger partial charge is 0.399 e. The van der Waals surface area contributed by atoms with Gasteiger partial charge in [0.05, 0.1) is 4.90 Å². The first-order valence-electron chi connectivity index (χ1n) is 9.20. The van der Waals surface area contributed by atoms with Crippen LogP contribution in [0.1, 0.15) is 31.2 Å². The van der Waals surface area contributed by atoms with Crippen LogP contribution in [0.5, 0.6) is 0 Å². The maximum atomic E-state index is 12.8. The third-order valence-electron chi connectivity index (χ3n) is 4.75. The summed E-state index contributed by atoms with van der Waals surface area (Å²) in [7, 11) is -3.52. The Morgan fingerprint density at radius 3 is 2.46 bits per heavy atom. The molecule has 0 spiro atoms. The molecule has 8 heteroatoms. The molecule has 0 aromatic heterocycles. The first kappa shape index (κ1) is 22.2. The van der Waals surface area contributed by atoms with Crippen LogP contribution < -0.4 is 11.1 Å². The van der Waals surface area contributed by atoms with Crippen molar-refractivity contribution in [1.29, 1.82) is 0 Å². The Morgan fingerprint density at radius 2 is 1.75 bits per heavy atom. The Bertz CT molecular complexity index is 912. The Balaban J connectivity index is 0.00000280. The second-order valence-electron chi connectivity index (χ2n) is 6.74. The van der Waals surface area contributed by atoms with Gasteiger partial charge in [0, 0.05) is 30.9 Å². The van der Waals surface area contributed by atoms with E-state index in [0.717, 1.165) is 24.8 Å². The van der Waals surface area contributed by atoms with E-state index < -0.39 is 10.0 Å². The zero-order valence-corrected chi connectivity index (χ0v) is 17.3. The summed E-state index contributed by atoms with van der Waals surface area (Å²) in [6, 6.07) is 13.9. The second-order valence-corrected chi connectivity index (χ2v) is 8.68. The van der Waals surface area contributed by atoms with Gasteiger partial charge in [-0.15, -0.1) is 12.4 Å². The van der Waals surface area contributed by atoms with Gasteiger partial charge in [0.1, 0.15) is 0 Å². The number of nitrogens with two attached hydrogens (primary N) is 1.